The second-order valence-corrected chi connectivity index (χ2v) is 7.07. The first-order valence-corrected chi connectivity index (χ1v) is 8.06. The smallest absolute Gasteiger partial charge is 0.00683 e. The zero-order valence-electron chi connectivity index (χ0n) is 11.5. The van der Waals surface area contributed by atoms with E-state index in [0.29, 0.717) is 0 Å². The lowest BCUT2D eigenvalue weighted by molar-refractivity contribution is 0.168. The van der Waals surface area contributed by atoms with Gasteiger partial charge in [0.25, 0.3) is 0 Å². The highest BCUT2D eigenvalue weighted by molar-refractivity contribution is 4.89. The fourth-order valence-electron chi connectivity index (χ4n) is 4.41. The molecule has 3 fully saturated rings. The fourth-order valence-corrected chi connectivity index (χ4v) is 4.41. The van der Waals surface area contributed by atoms with Crippen molar-refractivity contribution in [3.63, 3.8) is 0 Å². The van der Waals surface area contributed by atoms with Crippen LogP contribution in [0.15, 0.2) is 0 Å². The first kappa shape index (κ1) is 12.0. The van der Waals surface area contributed by atoms with Crippen LogP contribution in [0.5, 0.6) is 0 Å². The molecule has 0 saturated heterocycles. The molecule has 0 aliphatic heterocycles. The Kier molecular flexibility index (Phi) is 3.75. The summed E-state index contributed by atoms with van der Waals surface area (Å²) in [6.45, 7) is 3.80. The third kappa shape index (κ3) is 3.05. The van der Waals surface area contributed by atoms with Crippen LogP contribution in [0.25, 0.3) is 0 Å². The van der Waals surface area contributed by atoms with Crippen LogP contribution in [0.4, 0.5) is 0 Å². The Morgan fingerprint density at radius 2 is 1.76 bits per heavy atom. The molecule has 98 valence electrons. The van der Waals surface area contributed by atoms with E-state index >= 15 is 0 Å². The van der Waals surface area contributed by atoms with E-state index in [4.69, 9.17) is 0 Å². The van der Waals surface area contributed by atoms with E-state index in [1.165, 1.54) is 64.3 Å². The molecule has 0 amide bonds. The van der Waals surface area contributed by atoms with Gasteiger partial charge < -0.3 is 5.32 Å². The minimum atomic E-state index is 0.904. The van der Waals surface area contributed by atoms with Crippen LogP contribution < -0.4 is 5.32 Å². The predicted octanol–water partition coefficient (Wildman–Crippen LogP) is 3.98. The summed E-state index contributed by atoms with van der Waals surface area (Å²) < 4.78 is 0. The van der Waals surface area contributed by atoms with Crippen molar-refractivity contribution >= 4 is 0 Å². The standard InChI is InChI=1S/C16H29N/c1-12-4-2-5-13(10-12)16-7-3-6-14(16)11-17-15-8-9-15/h12-17H,2-11H2,1H3. The molecule has 0 heterocycles. The molecule has 3 aliphatic rings. The molecule has 0 radical (unpaired) electrons. The topological polar surface area (TPSA) is 12.0 Å². The first-order valence-electron chi connectivity index (χ1n) is 8.06. The monoisotopic (exact) mass is 235 g/mol. The summed E-state index contributed by atoms with van der Waals surface area (Å²) in [6, 6.07) is 0.904. The van der Waals surface area contributed by atoms with Gasteiger partial charge in [-0.15, -0.1) is 0 Å². The maximum absolute atomic E-state index is 3.78. The Balaban J connectivity index is 1.52. The molecule has 0 spiro atoms. The van der Waals surface area contributed by atoms with Crippen LogP contribution >= 0.6 is 0 Å². The van der Waals surface area contributed by atoms with Crippen molar-refractivity contribution in [1.29, 1.82) is 0 Å². The van der Waals surface area contributed by atoms with Crippen molar-refractivity contribution in [1.82, 2.24) is 5.32 Å². The summed E-state index contributed by atoms with van der Waals surface area (Å²) >= 11 is 0. The van der Waals surface area contributed by atoms with Crippen LogP contribution in [0.3, 0.4) is 0 Å². The van der Waals surface area contributed by atoms with Gasteiger partial charge in [0.15, 0.2) is 0 Å². The van der Waals surface area contributed by atoms with Gasteiger partial charge in [0, 0.05) is 6.04 Å². The van der Waals surface area contributed by atoms with Crippen LogP contribution in [0.2, 0.25) is 0 Å². The first-order chi connectivity index (χ1) is 8.33. The van der Waals surface area contributed by atoms with Gasteiger partial charge in [0.1, 0.15) is 0 Å². The van der Waals surface area contributed by atoms with Crippen LogP contribution in [-0.2, 0) is 0 Å². The zero-order valence-corrected chi connectivity index (χ0v) is 11.5. The summed E-state index contributed by atoms with van der Waals surface area (Å²) in [5.41, 5.74) is 0. The van der Waals surface area contributed by atoms with Gasteiger partial charge in [0.05, 0.1) is 0 Å². The molecule has 0 aromatic rings. The minimum Gasteiger partial charge on any atom is -0.314 e. The number of hydrogen-bond donors (Lipinski definition) is 1. The molecule has 1 N–H and O–H groups in total. The maximum atomic E-state index is 3.78. The maximum Gasteiger partial charge on any atom is 0.00683 e. The molecule has 0 aromatic heterocycles. The molecule has 0 aromatic carbocycles. The summed E-state index contributed by atoms with van der Waals surface area (Å²) in [6.07, 6.45) is 13.5. The van der Waals surface area contributed by atoms with E-state index in [0.717, 1.165) is 29.7 Å². The summed E-state index contributed by atoms with van der Waals surface area (Å²) in [7, 11) is 0. The fraction of sp³-hybridized carbons (Fsp3) is 1.00. The van der Waals surface area contributed by atoms with E-state index in [-0.39, 0.29) is 0 Å². The number of rotatable bonds is 4. The van der Waals surface area contributed by atoms with Crippen LogP contribution in [0.1, 0.15) is 64.7 Å². The van der Waals surface area contributed by atoms with Gasteiger partial charge in [-0.3, -0.25) is 0 Å². The van der Waals surface area contributed by atoms with Crippen molar-refractivity contribution in [2.75, 3.05) is 6.54 Å². The van der Waals surface area contributed by atoms with E-state index in [1.54, 1.807) is 0 Å². The molecule has 3 aliphatic carbocycles. The highest BCUT2D eigenvalue weighted by Crippen LogP contribution is 2.44. The van der Waals surface area contributed by atoms with Gasteiger partial charge in [-0.25, -0.2) is 0 Å². The van der Waals surface area contributed by atoms with Crippen molar-refractivity contribution in [3.05, 3.63) is 0 Å². The lowest BCUT2D eigenvalue weighted by Gasteiger charge is -2.34. The molecule has 4 unspecified atom stereocenters. The lowest BCUT2D eigenvalue weighted by atomic mass is 9.72. The van der Waals surface area contributed by atoms with Crippen molar-refractivity contribution in [3.8, 4) is 0 Å². The molecular weight excluding hydrogens is 206 g/mol. The van der Waals surface area contributed by atoms with Crippen molar-refractivity contribution < 1.29 is 0 Å². The minimum absolute atomic E-state index is 0.904. The van der Waals surface area contributed by atoms with Crippen molar-refractivity contribution in [2.45, 2.75) is 70.8 Å². The molecular formula is C16H29N. The summed E-state index contributed by atoms with van der Waals surface area (Å²) in [5, 5.41) is 3.78. The molecule has 3 saturated carbocycles. The van der Waals surface area contributed by atoms with Crippen LogP contribution in [-0.4, -0.2) is 12.6 Å². The Hall–Kier alpha value is -0.0400. The number of nitrogens with one attached hydrogen (secondary N) is 1. The van der Waals surface area contributed by atoms with Gasteiger partial charge in [-0.1, -0.05) is 32.6 Å². The van der Waals surface area contributed by atoms with Gasteiger partial charge >= 0.3 is 0 Å². The van der Waals surface area contributed by atoms with Gasteiger partial charge in [-0.05, 0) is 62.3 Å². The third-order valence-electron chi connectivity index (χ3n) is 5.55. The Bertz CT molecular complexity index is 246. The largest absolute Gasteiger partial charge is 0.314 e. The van der Waals surface area contributed by atoms with Gasteiger partial charge in [0.2, 0.25) is 0 Å². The van der Waals surface area contributed by atoms with Crippen LogP contribution in [0, 0.1) is 23.7 Å². The molecule has 4 atom stereocenters. The van der Waals surface area contributed by atoms with E-state index in [9.17, 15) is 0 Å². The second-order valence-electron chi connectivity index (χ2n) is 7.07. The molecule has 3 rings (SSSR count). The third-order valence-corrected chi connectivity index (χ3v) is 5.55. The predicted molar refractivity (Wildman–Crippen MR) is 73.0 cm³/mol. The second kappa shape index (κ2) is 5.30. The highest BCUT2D eigenvalue weighted by atomic mass is 14.9. The molecule has 1 nitrogen and oxygen atoms in total. The molecule has 0 bridgehead atoms. The average molecular weight is 235 g/mol. The Morgan fingerprint density at radius 1 is 0.941 bits per heavy atom. The number of hydrogen-bond acceptors (Lipinski definition) is 1. The summed E-state index contributed by atoms with van der Waals surface area (Å²) in [5.74, 6) is 4.17. The Labute approximate surface area is 107 Å². The Morgan fingerprint density at radius 3 is 2.53 bits per heavy atom. The van der Waals surface area contributed by atoms with E-state index < -0.39 is 0 Å². The van der Waals surface area contributed by atoms with Gasteiger partial charge in [-0.2, -0.15) is 0 Å². The van der Waals surface area contributed by atoms with E-state index in [1.807, 2.05) is 0 Å². The summed E-state index contributed by atoms with van der Waals surface area (Å²) in [4.78, 5) is 0. The SMILES string of the molecule is CC1CCCC(C2CCCC2CNC2CC2)C1. The molecule has 17 heavy (non-hydrogen) atoms. The average Bonchev–Trinajstić information content (AvgIpc) is 3.04. The quantitative estimate of drug-likeness (QED) is 0.777. The normalized spacial score (nSPS) is 42.9. The highest BCUT2D eigenvalue weighted by Gasteiger charge is 2.36. The lowest BCUT2D eigenvalue weighted by Crippen LogP contribution is -2.31. The zero-order chi connectivity index (χ0) is 11.7. The van der Waals surface area contributed by atoms with E-state index in [2.05, 4.69) is 12.2 Å². The molecule has 1 heteroatoms. The van der Waals surface area contributed by atoms with Crippen molar-refractivity contribution in [2.24, 2.45) is 23.7 Å².